The fraction of sp³-hybridized carbons (Fsp3) is 0.300. The van der Waals surface area contributed by atoms with E-state index in [0.717, 1.165) is 17.3 Å². The molecule has 136 valence electrons. The van der Waals surface area contributed by atoms with Gasteiger partial charge < -0.3 is 15.0 Å². The second-order valence-corrected chi connectivity index (χ2v) is 7.24. The van der Waals surface area contributed by atoms with E-state index in [4.69, 9.17) is 4.74 Å². The lowest BCUT2D eigenvalue weighted by molar-refractivity contribution is 0.0931. The summed E-state index contributed by atoms with van der Waals surface area (Å²) in [5.41, 5.74) is 0.650. The molecule has 0 radical (unpaired) electrons. The summed E-state index contributed by atoms with van der Waals surface area (Å²) in [6, 6.07) is 16.4. The topological polar surface area (TPSA) is 58.6 Å². The highest BCUT2D eigenvalue weighted by molar-refractivity contribution is 9.10. The van der Waals surface area contributed by atoms with E-state index in [1.54, 1.807) is 29.2 Å². The number of para-hydroxylation sites is 1. The number of amides is 2. The third kappa shape index (κ3) is 5.08. The zero-order valence-corrected chi connectivity index (χ0v) is 15.9. The van der Waals surface area contributed by atoms with Crippen LogP contribution in [-0.2, 0) is 0 Å². The van der Waals surface area contributed by atoms with Crippen LogP contribution in [0.1, 0.15) is 23.2 Å². The Morgan fingerprint density at radius 3 is 2.35 bits per heavy atom. The fourth-order valence-corrected chi connectivity index (χ4v) is 3.18. The molecule has 1 fully saturated rings. The lowest BCUT2D eigenvalue weighted by Crippen LogP contribution is -2.42. The van der Waals surface area contributed by atoms with E-state index in [2.05, 4.69) is 21.2 Å². The van der Waals surface area contributed by atoms with Crippen molar-refractivity contribution in [1.29, 1.82) is 0 Å². The predicted octanol–water partition coefficient (Wildman–Crippen LogP) is 4.09. The molecule has 3 rings (SSSR count). The number of hydrogen-bond donors (Lipinski definition) is 1. The maximum atomic E-state index is 12.2. The minimum atomic E-state index is -0.312. The number of nitrogens with one attached hydrogen (secondary N) is 1. The smallest absolute Gasteiger partial charge is 0.410 e. The van der Waals surface area contributed by atoms with Crippen molar-refractivity contribution in [3.05, 3.63) is 64.6 Å². The van der Waals surface area contributed by atoms with Crippen molar-refractivity contribution in [3.63, 3.8) is 0 Å². The largest absolute Gasteiger partial charge is 0.415 e. The zero-order chi connectivity index (χ0) is 18.4. The molecule has 2 amide bonds. The summed E-state index contributed by atoms with van der Waals surface area (Å²) in [4.78, 5) is 26.1. The molecule has 1 N–H and O–H groups in total. The van der Waals surface area contributed by atoms with Crippen LogP contribution >= 0.6 is 15.9 Å². The van der Waals surface area contributed by atoms with Gasteiger partial charge in [-0.15, -0.1) is 0 Å². The van der Waals surface area contributed by atoms with Crippen LogP contribution in [0.25, 0.3) is 0 Å². The van der Waals surface area contributed by atoms with Gasteiger partial charge >= 0.3 is 6.09 Å². The number of carbonyl (C=O) groups excluding carboxylic acids is 2. The van der Waals surface area contributed by atoms with Crippen LogP contribution in [-0.4, -0.2) is 36.5 Å². The molecular formula is C20H21BrN2O3. The first kappa shape index (κ1) is 18.5. The van der Waals surface area contributed by atoms with Gasteiger partial charge in [-0.1, -0.05) is 34.1 Å². The molecular weight excluding hydrogens is 396 g/mol. The summed E-state index contributed by atoms with van der Waals surface area (Å²) in [5, 5.41) is 2.98. The second-order valence-electron chi connectivity index (χ2n) is 6.33. The number of rotatable bonds is 4. The van der Waals surface area contributed by atoms with E-state index in [1.807, 2.05) is 30.3 Å². The summed E-state index contributed by atoms with van der Waals surface area (Å²) in [7, 11) is 0. The minimum Gasteiger partial charge on any atom is -0.410 e. The Balaban J connectivity index is 1.41. The lowest BCUT2D eigenvalue weighted by Gasteiger charge is -2.31. The molecule has 2 aromatic carbocycles. The van der Waals surface area contributed by atoms with Gasteiger partial charge in [0.15, 0.2) is 0 Å². The van der Waals surface area contributed by atoms with Gasteiger partial charge in [0.1, 0.15) is 5.75 Å². The summed E-state index contributed by atoms with van der Waals surface area (Å²) < 4.78 is 6.32. The average molecular weight is 417 g/mol. The molecule has 0 aliphatic carbocycles. The molecule has 26 heavy (non-hydrogen) atoms. The molecule has 6 heteroatoms. The monoisotopic (exact) mass is 416 g/mol. The Bertz CT molecular complexity index is 741. The van der Waals surface area contributed by atoms with Crippen LogP contribution < -0.4 is 10.1 Å². The maximum absolute atomic E-state index is 12.2. The van der Waals surface area contributed by atoms with E-state index in [1.165, 1.54) is 0 Å². The van der Waals surface area contributed by atoms with E-state index in [0.29, 0.717) is 36.9 Å². The molecule has 1 aliphatic heterocycles. The first-order chi connectivity index (χ1) is 12.6. The average Bonchev–Trinajstić information content (AvgIpc) is 2.68. The molecule has 0 bridgehead atoms. The summed E-state index contributed by atoms with van der Waals surface area (Å²) in [5.74, 6) is 0.861. The lowest BCUT2D eigenvalue weighted by atomic mass is 9.97. The van der Waals surface area contributed by atoms with Gasteiger partial charge in [0.25, 0.3) is 5.91 Å². The van der Waals surface area contributed by atoms with Gasteiger partial charge in [0, 0.05) is 29.7 Å². The van der Waals surface area contributed by atoms with Crippen molar-refractivity contribution in [2.75, 3.05) is 19.6 Å². The van der Waals surface area contributed by atoms with Gasteiger partial charge in [-0.25, -0.2) is 4.79 Å². The number of benzene rings is 2. The molecule has 0 aromatic heterocycles. The highest BCUT2D eigenvalue weighted by Gasteiger charge is 2.24. The molecule has 0 unspecified atom stereocenters. The molecule has 0 saturated carbocycles. The van der Waals surface area contributed by atoms with Crippen molar-refractivity contribution in [2.24, 2.45) is 5.92 Å². The number of carbonyl (C=O) groups is 2. The van der Waals surface area contributed by atoms with Crippen LogP contribution in [0.5, 0.6) is 5.75 Å². The highest BCUT2D eigenvalue weighted by Crippen LogP contribution is 2.19. The zero-order valence-electron chi connectivity index (χ0n) is 14.4. The van der Waals surface area contributed by atoms with Crippen molar-refractivity contribution < 1.29 is 14.3 Å². The molecule has 2 aromatic rings. The SMILES string of the molecule is O=C(NCC1CCN(C(=O)Oc2ccccc2)CC1)c1ccc(Br)cc1. The van der Waals surface area contributed by atoms with E-state index >= 15 is 0 Å². The van der Waals surface area contributed by atoms with Gasteiger partial charge in [0.05, 0.1) is 0 Å². The highest BCUT2D eigenvalue weighted by atomic mass is 79.9. The molecule has 1 aliphatic rings. The number of ether oxygens (including phenoxy) is 1. The molecule has 0 atom stereocenters. The Labute approximate surface area is 161 Å². The first-order valence-electron chi connectivity index (χ1n) is 8.67. The van der Waals surface area contributed by atoms with Crippen LogP contribution in [0.2, 0.25) is 0 Å². The standard InChI is InChI=1S/C20H21BrN2O3/c21-17-8-6-16(7-9-17)19(24)22-14-15-10-12-23(13-11-15)20(25)26-18-4-2-1-3-5-18/h1-9,15H,10-14H2,(H,22,24). The molecule has 0 spiro atoms. The molecule has 1 heterocycles. The number of likely N-dealkylation sites (tertiary alicyclic amines) is 1. The van der Waals surface area contributed by atoms with Gasteiger partial charge in [-0.3, -0.25) is 4.79 Å². The Hall–Kier alpha value is -2.34. The van der Waals surface area contributed by atoms with Crippen molar-refractivity contribution in [1.82, 2.24) is 10.2 Å². The van der Waals surface area contributed by atoms with E-state index in [9.17, 15) is 9.59 Å². The van der Waals surface area contributed by atoms with Crippen molar-refractivity contribution in [3.8, 4) is 5.75 Å². The predicted molar refractivity (Wildman–Crippen MR) is 103 cm³/mol. The number of piperidine rings is 1. The van der Waals surface area contributed by atoms with E-state index in [-0.39, 0.29) is 12.0 Å². The van der Waals surface area contributed by atoms with Crippen molar-refractivity contribution in [2.45, 2.75) is 12.8 Å². The summed E-state index contributed by atoms with van der Waals surface area (Å²) in [6.07, 6.45) is 1.39. The summed E-state index contributed by atoms with van der Waals surface area (Å²) >= 11 is 3.36. The van der Waals surface area contributed by atoms with Gasteiger partial charge in [0.2, 0.25) is 0 Å². The van der Waals surface area contributed by atoms with Crippen LogP contribution in [0.4, 0.5) is 4.79 Å². The molecule has 5 nitrogen and oxygen atoms in total. The third-order valence-electron chi connectivity index (χ3n) is 4.48. The number of hydrogen-bond acceptors (Lipinski definition) is 3. The van der Waals surface area contributed by atoms with E-state index < -0.39 is 0 Å². The van der Waals surface area contributed by atoms with Gasteiger partial charge in [-0.2, -0.15) is 0 Å². The summed E-state index contributed by atoms with van der Waals surface area (Å²) in [6.45, 7) is 1.91. The van der Waals surface area contributed by atoms with Gasteiger partial charge in [-0.05, 0) is 55.2 Å². The minimum absolute atomic E-state index is 0.0663. The third-order valence-corrected chi connectivity index (χ3v) is 5.01. The normalized spacial score (nSPS) is 14.7. The van der Waals surface area contributed by atoms with Crippen LogP contribution in [0.15, 0.2) is 59.1 Å². The number of halogens is 1. The Morgan fingerprint density at radius 2 is 1.69 bits per heavy atom. The first-order valence-corrected chi connectivity index (χ1v) is 9.46. The Kier molecular flexibility index (Phi) is 6.28. The van der Waals surface area contributed by atoms with Crippen molar-refractivity contribution >= 4 is 27.9 Å². The van der Waals surface area contributed by atoms with Crippen LogP contribution in [0, 0.1) is 5.92 Å². The maximum Gasteiger partial charge on any atom is 0.415 e. The quantitative estimate of drug-likeness (QED) is 0.816. The molecule has 1 saturated heterocycles. The number of nitrogens with zero attached hydrogens (tertiary/aromatic N) is 1. The second kappa shape index (κ2) is 8.85. The Morgan fingerprint density at radius 1 is 1.04 bits per heavy atom. The fourth-order valence-electron chi connectivity index (χ4n) is 2.91. The van der Waals surface area contributed by atoms with Crippen LogP contribution in [0.3, 0.4) is 0 Å².